The van der Waals surface area contributed by atoms with Crippen molar-refractivity contribution in [3.8, 4) is 0 Å². The lowest BCUT2D eigenvalue weighted by atomic mass is 10.2. The molecule has 18 heavy (non-hydrogen) atoms. The third-order valence-electron chi connectivity index (χ3n) is 3.32. The summed E-state index contributed by atoms with van der Waals surface area (Å²) in [6.45, 7) is 4.69. The quantitative estimate of drug-likeness (QED) is 0.855. The fraction of sp³-hybridized carbons (Fsp3) is 0.538. The van der Waals surface area contributed by atoms with Gasteiger partial charge in [-0.3, -0.25) is 4.90 Å². The van der Waals surface area contributed by atoms with E-state index in [1.165, 1.54) is 0 Å². The Morgan fingerprint density at radius 3 is 2.39 bits per heavy atom. The molecule has 0 aromatic heterocycles. The van der Waals surface area contributed by atoms with Crippen LogP contribution in [0.2, 0.25) is 5.02 Å². The zero-order chi connectivity index (χ0) is 13.0. The molecule has 0 atom stereocenters. The number of aliphatic hydroxyl groups excluding tert-OH is 2. The van der Waals surface area contributed by atoms with Crippen LogP contribution >= 0.6 is 11.6 Å². The van der Waals surface area contributed by atoms with E-state index in [0.717, 1.165) is 44.0 Å². The van der Waals surface area contributed by atoms with Gasteiger partial charge in [0.2, 0.25) is 0 Å². The lowest BCUT2D eigenvalue weighted by Crippen LogP contribution is -2.47. The summed E-state index contributed by atoms with van der Waals surface area (Å²) in [6, 6.07) is 5.69. The molecule has 1 aromatic carbocycles. The van der Waals surface area contributed by atoms with Crippen LogP contribution in [-0.4, -0.2) is 54.4 Å². The SMILES string of the molecule is OCCN1CCN(c2ccc(CO)cc2Cl)CC1. The van der Waals surface area contributed by atoms with E-state index in [1.54, 1.807) is 0 Å². The Bertz CT molecular complexity index is 393. The number of hydrogen-bond donors (Lipinski definition) is 2. The van der Waals surface area contributed by atoms with Gasteiger partial charge in [-0.25, -0.2) is 0 Å². The van der Waals surface area contributed by atoms with Crippen LogP contribution in [0, 0.1) is 0 Å². The predicted octanol–water partition coefficient (Wildman–Crippen LogP) is 0.947. The molecule has 1 fully saturated rings. The summed E-state index contributed by atoms with van der Waals surface area (Å²) in [5.41, 5.74) is 1.86. The second-order valence-electron chi connectivity index (χ2n) is 4.50. The molecule has 0 amide bonds. The summed E-state index contributed by atoms with van der Waals surface area (Å²) in [5.74, 6) is 0. The molecular formula is C13H19ClN2O2. The van der Waals surface area contributed by atoms with Crippen molar-refractivity contribution >= 4 is 17.3 Å². The van der Waals surface area contributed by atoms with Crippen LogP contribution in [0.4, 0.5) is 5.69 Å². The van der Waals surface area contributed by atoms with E-state index in [1.807, 2.05) is 18.2 Å². The van der Waals surface area contributed by atoms with Crippen LogP contribution in [0.3, 0.4) is 0 Å². The standard InChI is InChI=1S/C13H19ClN2O2/c14-12-9-11(10-18)1-2-13(12)16-5-3-15(4-6-16)7-8-17/h1-2,9,17-18H,3-8,10H2. The summed E-state index contributed by atoms with van der Waals surface area (Å²) in [7, 11) is 0. The largest absolute Gasteiger partial charge is 0.395 e. The maximum atomic E-state index is 9.05. The smallest absolute Gasteiger partial charge is 0.0682 e. The van der Waals surface area contributed by atoms with Gasteiger partial charge in [-0.1, -0.05) is 17.7 Å². The Morgan fingerprint density at radius 1 is 1.11 bits per heavy atom. The number of hydrogen-bond acceptors (Lipinski definition) is 4. The average molecular weight is 271 g/mol. The molecule has 1 aliphatic heterocycles. The first-order chi connectivity index (χ1) is 8.74. The van der Waals surface area contributed by atoms with Crippen molar-refractivity contribution in [1.29, 1.82) is 0 Å². The second-order valence-corrected chi connectivity index (χ2v) is 4.90. The van der Waals surface area contributed by atoms with Crippen LogP contribution in [0.5, 0.6) is 0 Å². The topological polar surface area (TPSA) is 46.9 Å². The highest BCUT2D eigenvalue weighted by atomic mass is 35.5. The Kier molecular flexibility index (Phi) is 4.83. The third kappa shape index (κ3) is 3.14. The van der Waals surface area contributed by atoms with Crippen molar-refractivity contribution in [2.75, 3.05) is 44.2 Å². The van der Waals surface area contributed by atoms with Crippen LogP contribution in [0.15, 0.2) is 18.2 Å². The van der Waals surface area contributed by atoms with E-state index in [0.29, 0.717) is 5.02 Å². The van der Waals surface area contributed by atoms with Gasteiger partial charge in [0.05, 0.1) is 23.9 Å². The van der Waals surface area contributed by atoms with E-state index in [2.05, 4.69) is 9.80 Å². The van der Waals surface area contributed by atoms with Crippen LogP contribution < -0.4 is 4.90 Å². The van der Waals surface area contributed by atoms with Crippen molar-refractivity contribution in [3.63, 3.8) is 0 Å². The van der Waals surface area contributed by atoms with Gasteiger partial charge in [0, 0.05) is 32.7 Å². The van der Waals surface area contributed by atoms with Gasteiger partial charge in [-0.2, -0.15) is 0 Å². The number of anilines is 1. The highest BCUT2D eigenvalue weighted by Gasteiger charge is 2.18. The number of piperazine rings is 1. The monoisotopic (exact) mass is 270 g/mol. The van der Waals surface area contributed by atoms with E-state index < -0.39 is 0 Å². The number of β-amino-alcohol motifs (C(OH)–C–C–N with tert-alkyl or cyclic N) is 1. The number of nitrogens with zero attached hydrogens (tertiary/aromatic N) is 2. The lowest BCUT2D eigenvalue weighted by molar-refractivity contribution is 0.189. The molecule has 2 rings (SSSR count). The second kappa shape index (κ2) is 6.38. The molecule has 0 radical (unpaired) electrons. The fourth-order valence-electron chi connectivity index (χ4n) is 2.26. The molecule has 1 aliphatic rings. The van der Waals surface area contributed by atoms with Gasteiger partial charge in [-0.15, -0.1) is 0 Å². The summed E-state index contributed by atoms with van der Waals surface area (Å²) in [6.07, 6.45) is 0. The molecule has 0 aliphatic carbocycles. The maximum absolute atomic E-state index is 9.05. The number of halogens is 1. The lowest BCUT2D eigenvalue weighted by Gasteiger charge is -2.36. The summed E-state index contributed by atoms with van der Waals surface area (Å²) >= 11 is 6.23. The zero-order valence-corrected chi connectivity index (χ0v) is 11.1. The van der Waals surface area contributed by atoms with E-state index in [4.69, 9.17) is 21.8 Å². The Balaban J connectivity index is 2.01. The molecule has 0 spiro atoms. The fourth-order valence-corrected chi connectivity index (χ4v) is 2.58. The highest BCUT2D eigenvalue weighted by Crippen LogP contribution is 2.27. The van der Waals surface area contributed by atoms with Crippen molar-refractivity contribution in [2.45, 2.75) is 6.61 Å². The molecule has 2 N–H and O–H groups in total. The van der Waals surface area contributed by atoms with Crippen molar-refractivity contribution in [1.82, 2.24) is 4.90 Å². The van der Waals surface area contributed by atoms with Gasteiger partial charge in [0.25, 0.3) is 0 Å². The molecule has 100 valence electrons. The number of benzene rings is 1. The first-order valence-electron chi connectivity index (χ1n) is 6.22. The minimum absolute atomic E-state index is 0.0181. The van der Waals surface area contributed by atoms with E-state index in [-0.39, 0.29) is 13.2 Å². The average Bonchev–Trinajstić information content (AvgIpc) is 2.40. The Hall–Kier alpha value is -0.810. The molecule has 1 saturated heterocycles. The molecule has 1 aromatic rings. The van der Waals surface area contributed by atoms with Crippen molar-refractivity contribution in [2.24, 2.45) is 0 Å². The van der Waals surface area contributed by atoms with Gasteiger partial charge in [-0.05, 0) is 17.7 Å². The molecule has 0 bridgehead atoms. The Labute approximate surface area is 112 Å². The minimum Gasteiger partial charge on any atom is -0.395 e. The molecule has 5 heteroatoms. The van der Waals surface area contributed by atoms with Gasteiger partial charge < -0.3 is 15.1 Å². The Morgan fingerprint density at radius 2 is 1.83 bits per heavy atom. The van der Waals surface area contributed by atoms with E-state index in [9.17, 15) is 0 Å². The number of aliphatic hydroxyl groups is 2. The molecule has 4 nitrogen and oxygen atoms in total. The molecular weight excluding hydrogens is 252 g/mol. The molecule has 1 heterocycles. The predicted molar refractivity (Wildman–Crippen MR) is 73.1 cm³/mol. The first-order valence-corrected chi connectivity index (χ1v) is 6.60. The van der Waals surface area contributed by atoms with Gasteiger partial charge in [0.15, 0.2) is 0 Å². The van der Waals surface area contributed by atoms with Crippen molar-refractivity contribution in [3.05, 3.63) is 28.8 Å². The van der Waals surface area contributed by atoms with E-state index >= 15 is 0 Å². The molecule has 0 saturated carbocycles. The van der Waals surface area contributed by atoms with Crippen LogP contribution in [-0.2, 0) is 6.61 Å². The van der Waals surface area contributed by atoms with Crippen LogP contribution in [0.25, 0.3) is 0 Å². The molecule has 0 unspecified atom stereocenters. The van der Waals surface area contributed by atoms with Crippen LogP contribution in [0.1, 0.15) is 5.56 Å². The normalized spacial score (nSPS) is 17.2. The zero-order valence-electron chi connectivity index (χ0n) is 10.3. The summed E-state index contributed by atoms with van der Waals surface area (Å²) in [4.78, 5) is 4.49. The van der Waals surface area contributed by atoms with Gasteiger partial charge in [0.1, 0.15) is 0 Å². The summed E-state index contributed by atoms with van der Waals surface area (Å²) in [5, 5.41) is 18.6. The maximum Gasteiger partial charge on any atom is 0.0682 e. The number of rotatable bonds is 4. The summed E-state index contributed by atoms with van der Waals surface area (Å²) < 4.78 is 0. The minimum atomic E-state index is 0.0181. The highest BCUT2D eigenvalue weighted by molar-refractivity contribution is 6.33. The van der Waals surface area contributed by atoms with Crippen molar-refractivity contribution < 1.29 is 10.2 Å². The first kappa shape index (κ1) is 13.6. The third-order valence-corrected chi connectivity index (χ3v) is 3.63. The van der Waals surface area contributed by atoms with Gasteiger partial charge >= 0.3 is 0 Å².